The number of benzene rings is 2. The molecule has 1 N–H and O–H groups in total. The summed E-state index contributed by atoms with van der Waals surface area (Å²) in [5, 5.41) is 9.41. The lowest BCUT2D eigenvalue weighted by Gasteiger charge is -2.20. The molecule has 1 aromatic heterocycles. The Morgan fingerprint density at radius 1 is 1.11 bits per heavy atom. The summed E-state index contributed by atoms with van der Waals surface area (Å²) >= 11 is 0. The van der Waals surface area contributed by atoms with E-state index in [4.69, 9.17) is 9.15 Å². The largest absolute Gasteiger partial charge is 0.465 e. The van der Waals surface area contributed by atoms with Crippen LogP contribution in [0.15, 0.2) is 59.0 Å². The highest BCUT2D eigenvalue weighted by molar-refractivity contribution is 5.89. The van der Waals surface area contributed by atoms with Crippen molar-refractivity contribution in [3.05, 3.63) is 77.2 Å². The van der Waals surface area contributed by atoms with Crippen LogP contribution in [0, 0.1) is 6.92 Å². The van der Waals surface area contributed by atoms with Crippen LogP contribution >= 0.6 is 0 Å². The molecule has 0 bridgehead atoms. The maximum atomic E-state index is 11.6. The number of aryl methyl sites for hydroxylation is 1. The van der Waals surface area contributed by atoms with Gasteiger partial charge < -0.3 is 14.3 Å². The third-order valence-electron chi connectivity index (χ3n) is 4.48. The van der Waals surface area contributed by atoms with E-state index in [-0.39, 0.29) is 12.6 Å². The molecule has 0 aliphatic rings. The van der Waals surface area contributed by atoms with Crippen LogP contribution < -0.4 is 0 Å². The van der Waals surface area contributed by atoms with E-state index in [1.807, 2.05) is 25.1 Å². The van der Waals surface area contributed by atoms with Crippen molar-refractivity contribution in [3.8, 4) is 11.5 Å². The topological polar surface area (TPSA) is 75.8 Å². The van der Waals surface area contributed by atoms with Gasteiger partial charge in [-0.3, -0.25) is 4.90 Å². The van der Waals surface area contributed by atoms with Crippen molar-refractivity contribution in [1.29, 1.82) is 0 Å². The van der Waals surface area contributed by atoms with Gasteiger partial charge in [-0.1, -0.05) is 30.3 Å². The molecule has 0 aliphatic carbocycles. The van der Waals surface area contributed by atoms with Gasteiger partial charge in [0.25, 0.3) is 0 Å². The Morgan fingerprint density at radius 3 is 2.46 bits per heavy atom. The molecule has 6 heteroatoms. The van der Waals surface area contributed by atoms with Crippen molar-refractivity contribution in [2.45, 2.75) is 20.0 Å². The maximum absolute atomic E-state index is 11.6. The monoisotopic (exact) mass is 380 g/mol. The zero-order chi connectivity index (χ0) is 19.9. The van der Waals surface area contributed by atoms with Crippen LogP contribution in [0.25, 0.3) is 11.5 Å². The number of carbonyl (C=O) groups is 1. The Morgan fingerprint density at radius 2 is 1.82 bits per heavy atom. The number of methoxy groups -OCH3 is 1. The van der Waals surface area contributed by atoms with Gasteiger partial charge in [0.1, 0.15) is 5.76 Å². The molecule has 0 spiro atoms. The number of carbonyl (C=O) groups excluding carboxylic acids is 1. The first-order valence-electron chi connectivity index (χ1n) is 9.13. The first-order valence-corrected chi connectivity index (χ1v) is 9.13. The minimum absolute atomic E-state index is 0.0750. The highest BCUT2D eigenvalue weighted by Crippen LogP contribution is 2.23. The van der Waals surface area contributed by atoms with E-state index in [1.165, 1.54) is 12.7 Å². The number of hydrogen-bond donors (Lipinski definition) is 1. The van der Waals surface area contributed by atoms with Gasteiger partial charge in [-0.15, -0.1) is 0 Å². The van der Waals surface area contributed by atoms with Crippen LogP contribution in [0.1, 0.15) is 27.4 Å². The SMILES string of the molecule is COC(=O)c1ccc(-c2nc(CN(CCO)Cc3ccccc3)c(C)o2)cc1. The number of esters is 1. The molecule has 3 rings (SSSR count). The minimum atomic E-state index is -0.378. The van der Waals surface area contributed by atoms with E-state index in [0.717, 1.165) is 23.6 Å². The second-order valence-electron chi connectivity index (χ2n) is 6.51. The lowest BCUT2D eigenvalue weighted by molar-refractivity contribution is 0.0600. The van der Waals surface area contributed by atoms with Gasteiger partial charge in [0.05, 0.1) is 25.0 Å². The van der Waals surface area contributed by atoms with Crippen molar-refractivity contribution in [1.82, 2.24) is 9.88 Å². The van der Waals surface area contributed by atoms with E-state index in [2.05, 4.69) is 22.0 Å². The molecule has 28 heavy (non-hydrogen) atoms. The van der Waals surface area contributed by atoms with Gasteiger partial charge in [-0.2, -0.15) is 0 Å². The number of aliphatic hydroxyl groups is 1. The lowest BCUT2D eigenvalue weighted by Crippen LogP contribution is -2.26. The minimum Gasteiger partial charge on any atom is -0.465 e. The van der Waals surface area contributed by atoms with E-state index in [0.29, 0.717) is 24.5 Å². The zero-order valence-electron chi connectivity index (χ0n) is 16.1. The molecule has 1 heterocycles. The Kier molecular flexibility index (Phi) is 6.57. The summed E-state index contributed by atoms with van der Waals surface area (Å²) in [6, 6.07) is 17.1. The molecule has 0 fully saturated rings. The number of aliphatic hydroxyl groups excluding tert-OH is 1. The second-order valence-corrected chi connectivity index (χ2v) is 6.51. The van der Waals surface area contributed by atoms with Crippen molar-refractivity contribution in [3.63, 3.8) is 0 Å². The normalized spacial score (nSPS) is 11.0. The zero-order valence-corrected chi connectivity index (χ0v) is 16.1. The van der Waals surface area contributed by atoms with Crippen molar-refractivity contribution < 1.29 is 19.1 Å². The molecule has 3 aromatic rings. The summed E-state index contributed by atoms with van der Waals surface area (Å²) < 4.78 is 10.6. The van der Waals surface area contributed by atoms with E-state index in [1.54, 1.807) is 24.3 Å². The van der Waals surface area contributed by atoms with Gasteiger partial charge in [0.15, 0.2) is 0 Å². The van der Waals surface area contributed by atoms with Crippen molar-refractivity contribution in [2.24, 2.45) is 0 Å². The van der Waals surface area contributed by atoms with Gasteiger partial charge >= 0.3 is 5.97 Å². The van der Waals surface area contributed by atoms with Gasteiger partial charge in [0, 0.05) is 25.2 Å². The summed E-state index contributed by atoms with van der Waals surface area (Å²) in [7, 11) is 1.35. The maximum Gasteiger partial charge on any atom is 0.337 e. The summed E-state index contributed by atoms with van der Waals surface area (Å²) in [6.45, 7) is 3.80. The Balaban J connectivity index is 1.75. The molecule has 2 aromatic carbocycles. The smallest absolute Gasteiger partial charge is 0.337 e. The number of hydrogen-bond acceptors (Lipinski definition) is 6. The molecule has 0 saturated heterocycles. The third kappa shape index (κ3) is 4.85. The number of aromatic nitrogens is 1. The van der Waals surface area contributed by atoms with Crippen LogP contribution in [0.2, 0.25) is 0 Å². The highest BCUT2D eigenvalue weighted by Gasteiger charge is 2.16. The van der Waals surface area contributed by atoms with Crippen LogP contribution in [0.5, 0.6) is 0 Å². The average Bonchev–Trinajstić information content (AvgIpc) is 3.09. The molecule has 6 nitrogen and oxygen atoms in total. The fourth-order valence-corrected chi connectivity index (χ4v) is 2.97. The molecular weight excluding hydrogens is 356 g/mol. The molecular formula is C22H24N2O4. The van der Waals surface area contributed by atoms with Crippen molar-refractivity contribution in [2.75, 3.05) is 20.3 Å². The highest BCUT2D eigenvalue weighted by atomic mass is 16.5. The van der Waals surface area contributed by atoms with Crippen LogP contribution in [-0.2, 0) is 17.8 Å². The summed E-state index contributed by atoms with van der Waals surface area (Å²) in [6.07, 6.45) is 0. The number of oxazole rings is 1. The third-order valence-corrected chi connectivity index (χ3v) is 4.48. The Bertz CT molecular complexity index is 904. The number of nitrogens with zero attached hydrogens (tertiary/aromatic N) is 2. The first-order chi connectivity index (χ1) is 13.6. The molecule has 0 radical (unpaired) electrons. The predicted octanol–water partition coefficient (Wildman–Crippen LogP) is 3.43. The molecule has 146 valence electrons. The van der Waals surface area contributed by atoms with Gasteiger partial charge in [-0.25, -0.2) is 9.78 Å². The fourth-order valence-electron chi connectivity index (χ4n) is 2.97. The van der Waals surface area contributed by atoms with Crippen molar-refractivity contribution >= 4 is 5.97 Å². The summed E-state index contributed by atoms with van der Waals surface area (Å²) in [5.74, 6) is 0.868. The van der Waals surface area contributed by atoms with Crippen LogP contribution in [-0.4, -0.2) is 41.2 Å². The summed E-state index contributed by atoms with van der Waals surface area (Å²) in [5.41, 5.74) is 3.28. The standard InChI is InChI=1S/C22H24N2O4/c1-16-20(15-24(12-13-25)14-17-6-4-3-5-7-17)23-21(28-16)18-8-10-19(11-9-18)22(26)27-2/h3-11,25H,12-15H2,1-2H3. The fraction of sp³-hybridized carbons (Fsp3) is 0.273. The molecule has 0 saturated carbocycles. The molecule has 0 amide bonds. The molecule has 0 unspecified atom stereocenters. The molecule has 0 atom stereocenters. The van der Waals surface area contributed by atoms with E-state index in [9.17, 15) is 9.90 Å². The van der Waals surface area contributed by atoms with Crippen LogP contribution in [0.3, 0.4) is 0 Å². The molecule has 0 aliphatic heterocycles. The van der Waals surface area contributed by atoms with Gasteiger partial charge in [0.2, 0.25) is 5.89 Å². The first kappa shape index (κ1) is 19.8. The second kappa shape index (κ2) is 9.30. The average molecular weight is 380 g/mol. The number of ether oxygens (including phenoxy) is 1. The van der Waals surface area contributed by atoms with E-state index >= 15 is 0 Å². The van der Waals surface area contributed by atoms with E-state index < -0.39 is 0 Å². The van der Waals surface area contributed by atoms with Gasteiger partial charge in [-0.05, 0) is 36.8 Å². The van der Waals surface area contributed by atoms with Crippen LogP contribution in [0.4, 0.5) is 0 Å². The summed E-state index contributed by atoms with van der Waals surface area (Å²) in [4.78, 5) is 18.3. The number of rotatable bonds is 8. The Hall–Kier alpha value is -2.96. The quantitative estimate of drug-likeness (QED) is 0.604. The Labute approximate surface area is 164 Å². The predicted molar refractivity (Wildman–Crippen MR) is 106 cm³/mol. The lowest BCUT2D eigenvalue weighted by atomic mass is 10.1.